The van der Waals surface area contributed by atoms with E-state index in [2.05, 4.69) is 9.97 Å². The molecule has 0 N–H and O–H groups in total. The van der Waals surface area contributed by atoms with Gasteiger partial charge in [0.15, 0.2) is 11.6 Å². The van der Waals surface area contributed by atoms with Gasteiger partial charge in [0.25, 0.3) is 0 Å². The lowest BCUT2D eigenvalue weighted by molar-refractivity contribution is 0.0971. The highest BCUT2D eigenvalue weighted by molar-refractivity contribution is 7.14. The number of fused-ring (bicyclic) bond motifs is 1. The van der Waals surface area contributed by atoms with Crippen LogP contribution in [0.1, 0.15) is 28.9 Å². The lowest BCUT2D eigenvalue weighted by Gasteiger charge is -2.13. The molecule has 0 atom stereocenters. The van der Waals surface area contributed by atoms with Gasteiger partial charge in [-0.3, -0.25) is 4.79 Å². The Labute approximate surface area is 107 Å². The van der Waals surface area contributed by atoms with E-state index in [9.17, 15) is 4.79 Å². The van der Waals surface area contributed by atoms with E-state index >= 15 is 0 Å². The first kappa shape index (κ1) is 10.9. The topological polar surface area (TPSA) is 42.9 Å². The fourth-order valence-electron chi connectivity index (χ4n) is 1.94. The average molecular weight is 265 g/mol. The van der Waals surface area contributed by atoms with Crippen LogP contribution in [0.4, 0.5) is 0 Å². The number of hydrogen-bond acceptors (Lipinski definition) is 4. The van der Waals surface area contributed by atoms with Gasteiger partial charge in [0, 0.05) is 18.0 Å². The Morgan fingerprint density at radius 2 is 2.24 bits per heavy atom. The first-order valence-corrected chi connectivity index (χ1v) is 6.63. The molecule has 86 valence electrons. The molecule has 0 radical (unpaired) electrons. The van der Waals surface area contributed by atoms with Gasteiger partial charge in [0.1, 0.15) is 0 Å². The van der Waals surface area contributed by atoms with E-state index in [0.717, 1.165) is 23.4 Å². The van der Waals surface area contributed by atoms with E-state index in [1.54, 1.807) is 6.20 Å². The molecule has 0 aromatic carbocycles. The van der Waals surface area contributed by atoms with Crippen molar-refractivity contribution in [1.29, 1.82) is 0 Å². The highest BCUT2D eigenvalue weighted by Gasteiger charge is 2.19. The molecule has 0 aliphatic heterocycles. The van der Waals surface area contributed by atoms with Gasteiger partial charge in [-0.15, -0.1) is 11.3 Å². The summed E-state index contributed by atoms with van der Waals surface area (Å²) in [7, 11) is 0. The summed E-state index contributed by atoms with van der Waals surface area (Å²) in [5.74, 6) is 0.817. The molecule has 2 heterocycles. The van der Waals surface area contributed by atoms with Crippen LogP contribution in [0.3, 0.4) is 0 Å². The maximum absolute atomic E-state index is 11.6. The molecule has 0 spiro atoms. The molecule has 2 aromatic rings. The maximum atomic E-state index is 11.6. The van der Waals surface area contributed by atoms with E-state index in [1.165, 1.54) is 11.3 Å². The Morgan fingerprint density at radius 1 is 1.35 bits per heavy atom. The maximum Gasteiger partial charge on any atom is 0.169 e. The number of rotatable bonds is 1. The Balaban J connectivity index is 2.06. The van der Waals surface area contributed by atoms with E-state index in [4.69, 9.17) is 11.6 Å². The lowest BCUT2D eigenvalue weighted by Crippen LogP contribution is -2.13. The van der Waals surface area contributed by atoms with E-state index in [0.29, 0.717) is 22.8 Å². The van der Waals surface area contributed by atoms with Crippen LogP contribution in [0.5, 0.6) is 0 Å². The van der Waals surface area contributed by atoms with Gasteiger partial charge < -0.3 is 0 Å². The van der Waals surface area contributed by atoms with Crippen molar-refractivity contribution in [1.82, 2.24) is 9.97 Å². The summed E-state index contributed by atoms with van der Waals surface area (Å²) < 4.78 is 0. The van der Waals surface area contributed by atoms with Crippen LogP contribution in [-0.4, -0.2) is 15.8 Å². The van der Waals surface area contributed by atoms with E-state index in [1.807, 2.05) is 11.4 Å². The second kappa shape index (κ2) is 4.20. The summed E-state index contributed by atoms with van der Waals surface area (Å²) >= 11 is 7.39. The largest absolute Gasteiger partial charge is 0.294 e. The first-order chi connectivity index (χ1) is 8.24. The molecule has 2 aromatic heterocycles. The van der Waals surface area contributed by atoms with E-state index in [-0.39, 0.29) is 5.78 Å². The molecule has 1 aliphatic carbocycles. The summed E-state index contributed by atoms with van der Waals surface area (Å²) in [6.45, 7) is 0. The second-order valence-corrected chi connectivity index (χ2v) is 5.31. The fourth-order valence-corrected chi connectivity index (χ4v) is 2.95. The molecule has 0 saturated carbocycles. The monoisotopic (exact) mass is 264 g/mol. The number of ketones is 1. The van der Waals surface area contributed by atoms with Crippen molar-refractivity contribution in [2.24, 2.45) is 0 Å². The van der Waals surface area contributed by atoms with Gasteiger partial charge in [0.05, 0.1) is 21.2 Å². The molecule has 1 aliphatic rings. The van der Waals surface area contributed by atoms with Crippen LogP contribution < -0.4 is 0 Å². The van der Waals surface area contributed by atoms with Gasteiger partial charge in [-0.05, 0) is 18.9 Å². The molecule has 17 heavy (non-hydrogen) atoms. The van der Waals surface area contributed by atoms with Crippen molar-refractivity contribution in [3.05, 3.63) is 33.9 Å². The van der Waals surface area contributed by atoms with Gasteiger partial charge in [-0.2, -0.15) is 0 Å². The highest BCUT2D eigenvalue weighted by Crippen LogP contribution is 2.28. The standard InChI is InChI=1S/C12H9ClN2OS/c13-7-4-11(17-6-7)12-14-5-8-9(15-12)2-1-3-10(8)16/h4-6H,1-3H2. The fraction of sp³-hybridized carbons (Fsp3) is 0.250. The van der Waals surface area contributed by atoms with Crippen molar-refractivity contribution in [3.8, 4) is 10.7 Å². The zero-order chi connectivity index (χ0) is 11.8. The Kier molecular flexibility index (Phi) is 2.68. The molecule has 0 saturated heterocycles. The minimum atomic E-state index is 0.155. The smallest absolute Gasteiger partial charge is 0.169 e. The Hall–Kier alpha value is -1.26. The van der Waals surface area contributed by atoms with Crippen LogP contribution in [0.15, 0.2) is 17.6 Å². The van der Waals surface area contributed by atoms with Gasteiger partial charge in [-0.25, -0.2) is 9.97 Å². The predicted octanol–water partition coefficient (Wildman–Crippen LogP) is 3.38. The number of aromatic nitrogens is 2. The molecular weight excluding hydrogens is 256 g/mol. The Bertz CT molecular complexity index is 594. The summed E-state index contributed by atoms with van der Waals surface area (Å²) in [6.07, 6.45) is 4.00. The van der Waals surface area contributed by atoms with Crippen molar-refractivity contribution in [2.75, 3.05) is 0 Å². The molecule has 0 amide bonds. The molecule has 3 rings (SSSR count). The van der Waals surface area contributed by atoms with Crippen LogP contribution in [0.2, 0.25) is 5.02 Å². The van der Waals surface area contributed by atoms with Crippen LogP contribution in [-0.2, 0) is 6.42 Å². The second-order valence-electron chi connectivity index (χ2n) is 3.96. The quantitative estimate of drug-likeness (QED) is 0.793. The van der Waals surface area contributed by atoms with Gasteiger partial charge in [0.2, 0.25) is 0 Å². The Morgan fingerprint density at radius 3 is 3.00 bits per heavy atom. The third-order valence-corrected chi connectivity index (χ3v) is 4.05. The molecule has 0 fully saturated rings. The number of Topliss-reactive ketones (excluding diaryl/α,β-unsaturated/α-hetero) is 1. The summed E-state index contributed by atoms with van der Waals surface area (Å²) in [5, 5.41) is 2.55. The summed E-state index contributed by atoms with van der Waals surface area (Å²) in [5.41, 5.74) is 1.55. The normalized spacial score (nSPS) is 14.8. The average Bonchev–Trinajstić information content (AvgIpc) is 2.76. The first-order valence-electron chi connectivity index (χ1n) is 5.37. The predicted molar refractivity (Wildman–Crippen MR) is 67.6 cm³/mol. The number of carbonyl (C=O) groups excluding carboxylic acids is 1. The van der Waals surface area contributed by atoms with Crippen LogP contribution in [0, 0.1) is 0 Å². The molecule has 3 nitrogen and oxygen atoms in total. The number of carbonyl (C=O) groups is 1. The minimum Gasteiger partial charge on any atom is -0.294 e. The third-order valence-electron chi connectivity index (χ3n) is 2.77. The van der Waals surface area contributed by atoms with Crippen molar-refractivity contribution < 1.29 is 4.79 Å². The molecule has 0 unspecified atom stereocenters. The molecule has 5 heteroatoms. The minimum absolute atomic E-state index is 0.155. The third kappa shape index (κ3) is 1.98. The lowest BCUT2D eigenvalue weighted by atomic mass is 9.96. The van der Waals surface area contributed by atoms with Crippen molar-refractivity contribution in [3.63, 3.8) is 0 Å². The zero-order valence-corrected chi connectivity index (χ0v) is 10.5. The van der Waals surface area contributed by atoms with Gasteiger partial charge >= 0.3 is 0 Å². The van der Waals surface area contributed by atoms with E-state index < -0.39 is 0 Å². The summed E-state index contributed by atoms with van der Waals surface area (Å²) in [6, 6.07) is 1.85. The number of aryl methyl sites for hydroxylation is 1. The van der Waals surface area contributed by atoms with Crippen LogP contribution >= 0.6 is 22.9 Å². The SMILES string of the molecule is O=C1CCCc2nc(-c3cc(Cl)cs3)ncc21. The number of thiophene rings is 1. The molecular formula is C12H9ClN2OS. The highest BCUT2D eigenvalue weighted by atomic mass is 35.5. The zero-order valence-electron chi connectivity index (χ0n) is 8.94. The van der Waals surface area contributed by atoms with Crippen molar-refractivity contribution in [2.45, 2.75) is 19.3 Å². The summed E-state index contributed by atoms with van der Waals surface area (Å²) in [4.78, 5) is 21.3. The number of nitrogens with zero attached hydrogens (tertiary/aromatic N) is 2. The van der Waals surface area contributed by atoms with Crippen molar-refractivity contribution >= 4 is 28.7 Å². The molecule has 0 bridgehead atoms. The van der Waals surface area contributed by atoms with Crippen LogP contribution in [0.25, 0.3) is 10.7 Å². The van der Waals surface area contributed by atoms with Gasteiger partial charge in [-0.1, -0.05) is 11.6 Å². The number of halogens is 1. The number of hydrogen-bond donors (Lipinski definition) is 0.